The van der Waals surface area contributed by atoms with Crippen molar-refractivity contribution in [1.29, 1.82) is 0 Å². The van der Waals surface area contributed by atoms with Gasteiger partial charge in [-0.2, -0.15) is 8.78 Å². The van der Waals surface area contributed by atoms with Gasteiger partial charge in [-0.05, 0) is 17.2 Å². The Morgan fingerprint density at radius 1 is 1.12 bits per heavy atom. The van der Waals surface area contributed by atoms with Crippen LogP contribution in [0.15, 0.2) is 30.3 Å². The number of carbonyl (C=O) groups is 1. The van der Waals surface area contributed by atoms with Gasteiger partial charge in [-0.3, -0.25) is 4.79 Å². The van der Waals surface area contributed by atoms with Gasteiger partial charge in [0.2, 0.25) is 0 Å². The minimum Gasteiger partial charge on any atom is -0.288 e. The molecule has 1 rings (SSSR count). The molecular formula is C10H7Cl3F2O. The third-order valence-corrected chi connectivity index (χ3v) is 2.64. The van der Waals surface area contributed by atoms with Gasteiger partial charge in [-0.1, -0.05) is 53.5 Å². The summed E-state index contributed by atoms with van der Waals surface area (Å²) in [7, 11) is 0. The first-order valence-electron chi connectivity index (χ1n) is 4.27. The zero-order chi connectivity index (χ0) is 12.4. The van der Waals surface area contributed by atoms with Gasteiger partial charge in [-0.15, -0.1) is 0 Å². The number of hydrogen-bond donors (Lipinski definition) is 0. The third-order valence-electron chi connectivity index (χ3n) is 1.86. The van der Waals surface area contributed by atoms with Crippen molar-refractivity contribution in [3.8, 4) is 0 Å². The molecule has 0 spiro atoms. The van der Waals surface area contributed by atoms with Crippen LogP contribution in [-0.4, -0.2) is 15.5 Å². The highest BCUT2D eigenvalue weighted by molar-refractivity contribution is 6.61. The second kappa shape index (κ2) is 4.86. The molecule has 0 saturated heterocycles. The SMILES string of the molecule is O=C(C(F)(F)Cl)C(Cl)(Cl)Cc1ccccc1. The van der Waals surface area contributed by atoms with E-state index in [2.05, 4.69) is 11.6 Å². The number of hydrogen-bond acceptors (Lipinski definition) is 1. The number of benzene rings is 1. The highest BCUT2D eigenvalue weighted by atomic mass is 35.5. The number of Topliss-reactive ketones (excluding diaryl/α,β-unsaturated/α-hetero) is 1. The van der Waals surface area contributed by atoms with E-state index in [1.165, 1.54) is 0 Å². The quantitative estimate of drug-likeness (QED) is 0.770. The Balaban J connectivity index is 2.84. The summed E-state index contributed by atoms with van der Waals surface area (Å²) in [6.45, 7) is 0. The van der Waals surface area contributed by atoms with Crippen LogP contribution in [-0.2, 0) is 11.2 Å². The van der Waals surface area contributed by atoms with Crippen LogP contribution in [0, 0.1) is 0 Å². The molecule has 0 aromatic heterocycles. The molecule has 0 radical (unpaired) electrons. The van der Waals surface area contributed by atoms with Gasteiger partial charge in [-0.25, -0.2) is 0 Å². The molecule has 0 amide bonds. The normalized spacial score (nSPS) is 12.6. The van der Waals surface area contributed by atoms with E-state index in [1.54, 1.807) is 30.3 Å². The fourth-order valence-electron chi connectivity index (χ4n) is 1.14. The van der Waals surface area contributed by atoms with E-state index in [1.807, 2.05) is 0 Å². The van der Waals surface area contributed by atoms with E-state index in [0.29, 0.717) is 5.56 Å². The molecular weight excluding hydrogens is 280 g/mol. The molecule has 1 nitrogen and oxygen atoms in total. The zero-order valence-electron chi connectivity index (χ0n) is 7.89. The van der Waals surface area contributed by atoms with Crippen molar-refractivity contribution >= 4 is 40.6 Å². The fourth-order valence-corrected chi connectivity index (χ4v) is 1.94. The molecule has 16 heavy (non-hydrogen) atoms. The van der Waals surface area contributed by atoms with E-state index in [4.69, 9.17) is 23.2 Å². The average Bonchev–Trinajstić information content (AvgIpc) is 2.16. The van der Waals surface area contributed by atoms with Crippen molar-refractivity contribution in [2.45, 2.75) is 16.1 Å². The highest BCUT2D eigenvalue weighted by Gasteiger charge is 2.49. The summed E-state index contributed by atoms with van der Waals surface area (Å²) >= 11 is 15.7. The predicted molar refractivity (Wildman–Crippen MR) is 60.4 cm³/mol. The summed E-state index contributed by atoms with van der Waals surface area (Å²) in [5, 5.41) is -4.06. The van der Waals surface area contributed by atoms with Crippen molar-refractivity contribution in [3.05, 3.63) is 35.9 Å². The lowest BCUT2D eigenvalue weighted by molar-refractivity contribution is -0.134. The Kier molecular flexibility index (Phi) is 4.16. The Hall–Kier alpha value is -0.380. The molecule has 88 valence electrons. The van der Waals surface area contributed by atoms with Crippen molar-refractivity contribution in [2.75, 3.05) is 0 Å². The maximum atomic E-state index is 12.6. The smallest absolute Gasteiger partial charge is 0.288 e. The summed E-state index contributed by atoms with van der Waals surface area (Å²) in [6.07, 6.45) is -0.224. The molecule has 0 aliphatic rings. The molecule has 0 atom stereocenters. The first-order chi connectivity index (χ1) is 7.23. The molecule has 0 N–H and O–H groups in total. The Morgan fingerprint density at radius 2 is 1.62 bits per heavy atom. The lowest BCUT2D eigenvalue weighted by Crippen LogP contribution is -2.39. The summed E-state index contributed by atoms with van der Waals surface area (Å²) in [5.41, 5.74) is 0.571. The third kappa shape index (κ3) is 3.58. The van der Waals surface area contributed by atoms with Crippen LogP contribution in [0.3, 0.4) is 0 Å². The van der Waals surface area contributed by atoms with Crippen LogP contribution in [0.5, 0.6) is 0 Å². The van der Waals surface area contributed by atoms with Crippen LogP contribution in [0.2, 0.25) is 0 Å². The lowest BCUT2D eigenvalue weighted by atomic mass is 10.1. The highest BCUT2D eigenvalue weighted by Crippen LogP contribution is 2.35. The van der Waals surface area contributed by atoms with Gasteiger partial charge in [0, 0.05) is 6.42 Å². The van der Waals surface area contributed by atoms with Gasteiger partial charge in [0.05, 0.1) is 0 Å². The summed E-state index contributed by atoms with van der Waals surface area (Å²) in [6, 6.07) is 8.36. The van der Waals surface area contributed by atoms with Crippen molar-refractivity contribution in [3.63, 3.8) is 0 Å². The number of alkyl halides is 5. The predicted octanol–water partition coefficient (Wildman–Crippen LogP) is 3.80. The fraction of sp³-hybridized carbons (Fsp3) is 0.300. The summed E-state index contributed by atoms with van der Waals surface area (Å²) in [4.78, 5) is 11.1. The number of ketones is 1. The Morgan fingerprint density at radius 3 is 2.06 bits per heavy atom. The molecule has 0 heterocycles. The first-order valence-corrected chi connectivity index (χ1v) is 5.40. The second-order valence-corrected chi connectivity index (χ2v) is 5.15. The molecule has 0 fully saturated rings. The summed E-state index contributed by atoms with van der Waals surface area (Å²) in [5.74, 6) is -1.71. The minimum atomic E-state index is -4.06. The Labute approximate surface area is 106 Å². The lowest BCUT2D eigenvalue weighted by Gasteiger charge is -2.20. The molecule has 1 aromatic carbocycles. The molecule has 0 saturated carbocycles. The van der Waals surface area contributed by atoms with Crippen molar-refractivity contribution in [1.82, 2.24) is 0 Å². The number of carbonyl (C=O) groups excluding carboxylic acids is 1. The monoisotopic (exact) mass is 286 g/mol. The zero-order valence-corrected chi connectivity index (χ0v) is 10.2. The van der Waals surface area contributed by atoms with E-state index < -0.39 is 15.5 Å². The largest absolute Gasteiger partial charge is 0.383 e. The maximum Gasteiger partial charge on any atom is 0.383 e. The van der Waals surface area contributed by atoms with Crippen LogP contribution < -0.4 is 0 Å². The van der Waals surface area contributed by atoms with E-state index in [0.717, 1.165) is 0 Å². The van der Waals surface area contributed by atoms with E-state index >= 15 is 0 Å². The average molecular weight is 288 g/mol. The van der Waals surface area contributed by atoms with Crippen LogP contribution in [0.1, 0.15) is 5.56 Å². The first kappa shape index (κ1) is 13.7. The van der Waals surface area contributed by atoms with Gasteiger partial charge in [0.1, 0.15) is 0 Å². The Bertz CT molecular complexity index is 373. The molecule has 0 aliphatic carbocycles. The van der Waals surface area contributed by atoms with E-state index in [-0.39, 0.29) is 6.42 Å². The molecule has 1 aromatic rings. The van der Waals surface area contributed by atoms with Crippen LogP contribution in [0.4, 0.5) is 8.78 Å². The van der Waals surface area contributed by atoms with Crippen LogP contribution in [0.25, 0.3) is 0 Å². The van der Waals surface area contributed by atoms with E-state index in [9.17, 15) is 13.6 Å². The molecule has 6 heteroatoms. The molecule has 0 unspecified atom stereocenters. The minimum absolute atomic E-state index is 0.224. The second-order valence-electron chi connectivity index (χ2n) is 3.19. The number of rotatable bonds is 4. The standard InChI is InChI=1S/C10H7Cl3F2O/c11-9(12,8(16)10(13,14)15)6-7-4-2-1-3-5-7/h1-5H,6H2. The van der Waals surface area contributed by atoms with Crippen molar-refractivity contribution < 1.29 is 13.6 Å². The topological polar surface area (TPSA) is 17.1 Å². The maximum absolute atomic E-state index is 12.6. The van der Waals surface area contributed by atoms with Gasteiger partial charge in [0.25, 0.3) is 5.78 Å². The van der Waals surface area contributed by atoms with Gasteiger partial charge >= 0.3 is 5.38 Å². The van der Waals surface area contributed by atoms with Gasteiger partial charge in [0.15, 0.2) is 4.33 Å². The van der Waals surface area contributed by atoms with Crippen molar-refractivity contribution in [2.24, 2.45) is 0 Å². The molecule has 0 aliphatic heterocycles. The number of halogens is 5. The van der Waals surface area contributed by atoms with Gasteiger partial charge < -0.3 is 0 Å². The molecule has 0 bridgehead atoms. The van der Waals surface area contributed by atoms with Crippen LogP contribution >= 0.6 is 34.8 Å². The summed E-state index contributed by atoms with van der Waals surface area (Å²) < 4.78 is 22.9.